The molecule has 2 bridgehead atoms. The van der Waals surface area contributed by atoms with Gasteiger partial charge in [0.25, 0.3) is 0 Å². The van der Waals surface area contributed by atoms with Gasteiger partial charge in [-0.3, -0.25) is 9.59 Å². The second-order valence-corrected chi connectivity index (χ2v) is 14.1. The Morgan fingerprint density at radius 2 is 1.70 bits per heavy atom. The second kappa shape index (κ2) is 10.5. The highest BCUT2D eigenvalue weighted by atomic mass is 16.7. The van der Waals surface area contributed by atoms with Gasteiger partial charge in [0.05, 0.1) is 13.2 Å². The van der Waals surface area contributed by atoms with Crippen LogP contribution in [0.2, 0.25) is 0 Å². The number of amides is 1. The van der Waals surface area contributed by atoms with E-state index >= 15 is 0 Å². The normalized spacial score (nSPS) is 28.7. The zero-order valence-corrected chi connectivity index (χ0v) is 26.7. The van der Waals surface area contributed by atoms with Crippen molar-refractivity contribution < 1.29 is 28.5 Å². The number of hydrogen-bond donors (Lipinski definition) is 0. The van der Waals surface area contributed by atoms with E-state index in [1.807, 2.05) is 42.5 Å². The lowest BCUT2D eigenvalue weighted by Crippen LogP contribution is -2.65. The fourth-order valence-corrected chi connectivity index (χ4v) is 9.07. The van der Waals surface area contributed by atoms with Gasteiger partial charge in [0.15, 0.2) is 17.4 Å². The van der Waals surface area contributed by atoms with Crippen LogP contribution in [-0.2, 0) is 20.7 Å². The van der Waals surface area contributed by atoms with Gasteiger partial charge in [0.1, 0.15) is 11.9 Å². The second-order valence-electron chi connectivity index (χ2n) is 14.1. The van der Waals surface area contributed by atoms with Crippen LogP contribution in [-0.4, -0.2) is 37.9 Å². The van der Waals surface area contributed by atoms with E-state index in [0.717, 1.165) is 24.1 Å². The van der Waals surface area contributed by atoms with Gasteiger partial charge in [-0.25, -0.2) is 0 Å². The van der Waals surface area contributed by atoms with Gasteiger partial charge in [-0.05, 0) is 88.4 Å². The molecule has 4 aliphatic rings. The number of carbonyl (C=O) groups is 2. The highest BCUT2D eigenvalue weighted by Gasteiger charge is 2.68. The van der Waals surface area contributed by atoms with Crippen molar-refractivity contribution in [1.82, 2.24) is 0 Å². The molecule has 46 heavy (non-hydrogen) atoms. The van der Waals surface area contributed by atoms with Crippen molar-refractivity contribution in [3.63, 3.8) is 0 Å². The first-order valence-corrected chi connectivity index (χ1v) is 16.2. The Morgan fingerprint density at radius 3 is 2.50 bits per heavy atom. The summed E-state index contributed by atoms with van der Waals surface area (Å²) >= 11 is 0. The molecule has 0 aromatic heterocycles. The summed E-state index contributed by atoms with van der Waals surface area (Å²) in [5.41, 5.74) is 2.81. The lowest BCUT2D eigenvalue weighted by molar-refractivity contribution is -0.165. The molecule has 2 heterocycles. The van der Waals surface area contributed by atoms with Crippen LogP contribution in [0.3, 0.4) is 0 Å². The third kappa shape index (κ3) is 4.16. The number of methoxy groups -OCH3 is 1. The monoisotopic (exact) mass is 617 g/mol. The minimum absolute atomic E-state index is 0.0245. The number of rotatable bonds is 7. The Bertz CT molecular complexity index is 1840. The first kappa shape index (κ1) is 28.9. The summed E-state index contributed by atoms with van der Waals surface area (Å²) in [5, 5.41) is 2.38. The molecule has 0 radical (unpaired) electrons. The molecule has 1 saturated heterocycles. The van der Waals surface area contributed by atoms with Crippen LogP contribution in [0.5, 0.6) is 17.2 Å². The average Bonchev–Trinajstić information content (AvgIpc) is 3.66. The van der Waals surface area contributed by atoms with E-state index in [0.29, 0.717) is 23.7 Å². The Balaban J connectivity index is 1.14. The fourth-order valence-electron chi connectivity index (χ4n) is 9.07. The molecule has 3 fully saturated rings. The maximum absolute atomic E-state index is 14.4. The maximum atomic E-state index is 14.4. The van der Waals surface area contributed by atoms with E-state index in [1.54, 1.807) is 12.0 Å². The van der Waals surface area contributed by atoms with E-state index in [4.69, 9.17) is 18.9 Å². The number of carbonyl (C=O) groups excluding carboxylic acids is 2. The van der Waals surface area contributed by atoms with Gasteiger partial charge in [0.2, 0.25) is 12.7 Å². The van der Waals surface area contributed by atoms with E-state index in [1.165, 1.54) is 16.3 Å². The molecule has 2 saturated carbocycles. The summed E-state index contributed by atoms with van der Waals surface area (Å²) < 4.78 is 23.1. The fraction of sp³-hybridized carbons (Fsp3) is 0.385. The first-order valence-electron chi connectivity index (χ1n) is 16.2. The van der Waals surface area contributed by atoms with Crippen LogP contribution < -0.4 is 19.1 Å². The molecule has 2 unspecified atom stereocenters. The highest BCUT2D eigenvalue weighted by Crippen LogP contribution is 2.72. The van der Waals surface area contributed by atoms with Crippen molar-refractivity contribution >= 4 is 28.3 Å². The molecule has 236 valence electrons. The number of hydrogen-bond acceptors (Lipinski definition) is 6. The van der Waals surface area contributed by atoms with E-state index in [2.05, 4.69) is 63.2 Å². The van der Waals surface area contributed by atoms with Gasteiger partial charge in [-0.2, -0.15) is 0 Å². The summed E-state index contributed by atoms with van der Waals surface area (Å²) in [7, 11) is 1.61. The smallest absolute Gasteiger partial charge is 0.320 e. The lowest BCUT2D eigenvalue weighted by Gasteiger charge is -2.47. The minimum Gasteiger partial charge on any atom is -0.497 e. The number of ether oxygens (including phenoxy) is 4. The van der Waals surface area contributed by atoms with Gasteiger partial charge in [0, 0.05) is 17.5 Å². The molecular formula is C39H39NO6. The summed E-state index contributed by atoms with van der Waals surface area (Å²) in [6.07, 6.45) is 2.23. The Hall–Kier alpha value is -4.52. The van der Waals surface area contributed by atoms with Crippen LogP contribution in [0, 0.1) is 22.7 Å². The SMILES string of the molecule is COc1ccc(N2C(=O)C(C(=O)O[C@@H]3[C@H]4CC[C@@](C)([C@@H]3c3cccc5ccccc35)C4(C)C)C2Cc2ccc3c(c2)OCO3)cc1. The number of anilines is 1. The summed E-state index contributed by atoms with van der Waals surface area (Å²) in [4.78, 5) is 30.0. The molecule has 6 atom stereocenters. The van der Waals surface area contributed by atoms with E-state index in [-0.39, 0.29) is 41.5 Å². The van der Waals surface area contributed by atoms with Gasteiger partial charge in [-0.15, -0.1) is 0 Å². The molecule has 4 aromatic rings. The molecule has 7 heteroatoms. The maximum Gasteiger partial charge on any atom is 0.320 e. The van der Waals surface area contributed by atoms with Gasteiger partial charge >= 0.3 is 5.97 Å². The van der Waals surface area contributed by atoms with Crippen LogP contribution in [0.25, 0.3) is 10.8 Å². The third-order valence-electron chi connectivity index (χ3n) is 11.9. The van der Waals surface area contributed by atoms with Gasteiger partial charge in [-0.1, -0.05) is 69.3 Å². The molecule has 1 amide bonds. The van der Waals surface area contributed by atoms with Crippen molar-refractivity contribution in [2.45, 2.75) is 58.1 Å². The van der Waals surface area contributed by atoms with Crippen LogP contribution in [0.1, 0.15) is 50.7 Å². The highest BCUT2D eigenvalue weighted by molar-refractivity contribution is 6.14. The predicted molar refractivity (Wildman–Crippen MR) is 175 cm³/mol. The predicted octanol–water partition coefficient (Wildman–Crippen LogP) is 7.30. The summed E-state index contributed by atoms with van der Waals surface area (Å²) in [6.45, 7) is 7.22. The zero-order chi connectivity index (χ0) is 31.8. The third-order valence-corrected chi connectivity index (χ3v) is 11.9. The molecule has 0 N–H and O–H groups in total. The molecule has 0 spiro atoms. The van der Waals surface area contributed by atoms with Crippen LogP contribution in [0.15, 0.2) is 84.9 Å². The Labute approximate surface area is 269 Å². The van der Waals surface area contributed by atoms with Crippen LogP contribution in [0.4, 0.5) is 5.69 Å². The lowest BCUT2D eigenvalue weighted by atomic mass is 9.64. The molecule has 2 aliphatic carbocycles. The van der Waals surface area contributed by atoms with Crippen molar-refractivity contribution in [3.8, 4) is 17.2 Å². The number of β-lactam (4-membered cyclic amide) rings is 1. The Kier molecular flexibility index (Phi) is 6.61. The largest absolute Gasteiger partial charge is 0.497 e. The minimum atomic E-state index is -0.907. The molecule has 8 rings (SSSR count). The topological polar surface area (TPSA) is 74.3 Å². The molecular weight excluding hydrogens is 578 g/mol. The number of benzene rings is 4. The van der Waals surface area contributed by atoms with Crippen molar-refractivity contribution in [2.24, 2.45) is 22.7 Å². The van der Waals surface area contributed by atoms with E-state index < -0.39 is 17.9 Å². The van der Waals surface area contributed by atoms with Gasteiger partial charge < -0.3 is 23.8 Å². The summed E-state index contributed by atoms with van der Waals surface area (Å²) in [5.74, 6) is 0.723. The average molecular weight is 618 g/mol. The van der Waals surface area contributed by atoms with Crippen LogP contribution >= 0.6 is 0 Å². The summed E-state index contributed by atoms with van der Waals surface area (Å²) in [6, 6.07) is 27.7. The van der Waals surface area contributed by atoms with E-state index in [9.17, 15) is 9.59 Å². The quantitative estimate of drug-likeness (QED) is 0.123. The molecule has 2 aliphatic heterocycles. The Morgan fingerprint density at radius 1 is 0.935 bits per heavy atom. The number of fused-ring (bicyclic) bond motifs is 4. The van der Waals surface area contributed by atoms with Crippen molar-refractivity contribution in [3.05, 3.63) is 96.1 Å². The van der Waals surface area contributed by atoms with Crippen molar-refractivity contribution in [2.75, 3.05) is 18.8 Å². The number of nitrogens with zero attached hydrogens (tertiary/aromatic N) is 1. The first-order chi connectivity index (χ1) is 22.2. The zero-order valence-electron chi connectivity index (χ0n) is 26.7. The molecule has 7 nitrogen and oxygen atoms in total. The molecule has 4 aromatic carbocycles. The van der Waals surface area contributed by atoms with Crippen molar-refractivity contribution in [1.29, 1.82) is 0 Å². The number of esters is 1. The standard InChI is InChI=1S/C39H39NO6/c1-38(2)29-18-19-39(38,3)34(28-11-7-9-24-8-5-6-10-27(24)28)35(29)46-37(42)33-30(20-23-12-17-31-32(21-23)45-22-44-31)40(36(33)41)25-13-15-26(43-4)16-14-25/h5-17,21,29-30,33-35H,18-20,22H2,1-4H3/t29-,30?,33?,34-,35-,39+/m1/s1.